The van der Waals surface area contributed by atoms with Crippen molar-refractivity contribution in [2.24, 2.45) is 0 Å². The Morgan fingerprint density at radius 3 is 2.70 bits per heavy atom. The van der Waals surface area contributed by atoms with E-state index in [1.54, 1.807) is 24.3 Å². The topological polar surface area (TPSA) is 66.5 Å². The summed E-state index contributed by atoms with van der Waals surface area (Å²) in [6.07, 6.45) is 1.57. The Balaban J connectivity index is 2.50. The zero-order chi connectivity index (χ0) is 14.9. The normalized spacial score (nSPS) is 16.6. The number of fused-ring (bicyclic) bond motifs is 1. The lowest BCUT2D eigenvalue weighted by atomic mass is 10.3. The molecular formula is C13H16N2O3S2. The minimum absolute atomic E-state index is 0.0261. The maximum Gasteiger partial charge on any atom is 0.240 e. The summed E-state index contributed by atoms with van der Waals surface area (Å²) in [4.78, 5) is 14.4. The highest BCUT2D eigenvalue weighted by Crippen LogP contribution is 2.46. The van der Waals surface area contributed by atoms with Gasteiger partial charge in [-0.2, -0.15) is 0 Å². The molecule has 0 bridgehead atoms. The third-order valence-electron chi connectivity index (χ3n) is 2.92. The SMILES string of the molecule is CCN1/C(=C/C(C)=O)Sc2ccc(S(=O)(=O)NC)cc21. The lowest BCUT2D eigenvalue weighted by Crippen LogP contribution is -2.20. The Morgan fingerprint density at radius 2 is 2.15 bits per heavy atom. The minimum atomic E-state index is -3.46. The lowest BCUT2D eigenvalue weighted by molar-refractivity contribution is -0.112. The minimum Gasteiger partial charge on any atom is -0.335 e. The van der Waals surface area contributed by atoms with E-state index in [1.165, 1.54) is 25.7 Å². The van der Waals surface area contributed by atoms with E-state index in [9.17, 15) is 13.2 Å². The number of anilines is 1. The van der Waals surface area contributed by atoms with Crippen LogP contribution in [0.5, 0.6) is 0 Å². The number of sulfonamides is 1. The average Bonchev–Trinajstić information content (AvgIpc) is 2.73. The van der Waals surface area contributed by atoms with Gasteiger partial charge in [0.25, 0.3) is 0 Å². The fourth-order valence-electron chi connectivity index (χ4n) is 1.97. The molecule has 0 amide bonds. The number of nitrogens with one attached hydrogen (secondary N) is 1. The molecule has 0 aromatic heterocycles. The van der Waals surface area contributed by atoms with Crippen molar-refractivity contribution in [1.82, 2.24) is 4.72 Å². The first kappa shape index (κ1) is 15.1. The molecule has 0 fully saturated rings. The number of thioether (sulfide) groups is 1. The summed E-state index contributed by atoms with van der Waals surface area (Å²) in [5, 5.41) is 0.828. The van der Waals surface area contributed by atoms with Gasteiger partial charge in [-0.15, -0.1) is 0 Å². The van der Waals surface area contributed by atoms with Crippen LogP contribution in [0.25, 0.3) is 0 Å². The number of carbonyl (C=O) groups is 1. The Hall–Kier alpha value is -1.31. The van der Waals surface area contributed by atoms with Crippen molar-refractivity contribution < 1.29 is 13.2 Å². The standard InChI is InChI=1S/C13H16N2O3S2/c1-4-15-11-8-10(20(17,18)14-3)5-6-12(11)19-13(15)7-9(2)16/h5-8,14H,4H2,1-3H3/b13-7-. The van der Waals surface area contributed by atoms with Crippen LogP contribution in [0, 0.1) is 0 Å². The van der Waals surface area contributed by atoms with Crippen LogP contribution in [0.2, 0.25) is 0 Å². The van der Waals surface area contributed by atoms with Crippen molar-refractivity contribution in [2.75, 3.05) is 18.5 Å². The summed E-state index contributed by atoms with van der Waals surface area (Å²) in [6, 6.07) is 4.98. The molecule has 2 rings (SSSR count). The van der Waals surface area contributed by atoms with Gasteiger partial charge >= 0.3 is 0 Å². The Morgan fingerprint density at radius 1 is 1.45 bits per heavy atom. The Bertz CT molecular complexity index is 681. The molecule has 0 saturated heterocycles. The van der Waals surface area contributed by atoms with Gasteiger partial charge in [0.1, 0.15) is 0 Å². The van der Waals surface area contributed by atoms with Crippen LogP contribution in [0.15, 0.2) is 39.1 Å². The quantitative estimate of drug-likeness (QED) is 0.861. The summed E-state index contributed by atoms with van der Waals surface area (Å²) in [7, 11) is -2.08. The van der Waals surface area contributed by atoms with E-state index in [0.717, 1.165) is 15.6 Å². The van der Waals surface area contributed by atoms with Crippen LogP contribution < -0.4 is 9.62 Å². The largest absolute Gasteiger partial charge is 0.335 e. The number of hydrogen-bond acceptors (Lipinski definition) is 5. The molecule has 0 unspecified atom stereocenters. The molecule has 0 saturated carbocycles. The van der Waals surface area contributed by atoms with Crippen LogP contribution in [0.1, 0.15) is 13.8 Å². The highest BCUT2D eigenvalue weighted by molar-refractivity contribution is 8.03. The van der Waals surface area contributed by atoms with E-state index < -0.39 is 10.0 Å². The zero-order valence-corrected chi connectivity index (χ0v) is 13.1. The summed E-state index contributed by atoms with van der Waals surface area (Å²) >= 11 is 1.48. The molecule has 5 nitrogen and oxygen atoms in total. The molecule has 7 heteroatoms. The van der Waals surface area contributed by atoms with Crippen molar-refractivity contribution in [3.63, 3.8) is 0 Å². The molecule has 1 aliphatic rings. The van der Waals surface area contributed by atoms with Crippen molar-refractivity contribution in [2.45, 2.75) is 23.6 Å². The number of rotatable bonds is 4. The lowest BCUT2D eigenvalue weighted by Gasteiger charge is -2.18. The maximum atomic E-state index is 11.8. The van der Waals surface area contributed by atoms with Crippen molar-refractivity contribution >= 4 is 33.3 Å². The molecule has 108 valence electrons. The zero-order valence-electron chi connectivity index (χ0n) is 11.5. The molecule has 0 aliphatic carbocycles. The number of ketones is 1. The van der Waals surface area contributed by atoms with E-state index in [2.05, 4.69) is 4.72 Å². The summed E-state index contributed by atoms with van der Waals surface area (Å²) < 4.78 is 26.0. The first-order valence-electron chi connectivity index (χ1n) is 6.14. The van der Waals surface area contributed by atoms with E-state index in [0.29, 0.717) is 6.54 Å². The molecule has 1 heterocycles. The predicted octanol–water partition coefficient (Wildman–Crippen LogP) is 1.96. The monoisotopic (exact) mass is 312 g/mol. The Labute approximate surface area is 123 Å². The highest BCUT2D eigenvalue weighted by Gasteiger charge is 2.26. The van der Waals surface area contributed by atoms with Crippen LogP contribution in [0.4, 0.5) is 5.69 Å². The van der Waals surface area contributed by atoms with Crippen LogP contribution in [0.3, 0.4) is 0 Å². The molecular weight excluding hydrogens is 296 g/mol. The number of hydrogen-bond donors (Lipinski definition) is 1. The fourth-order valence-corrected chi connectivity index (χ4v) is 3.92. The van der Waals surface area contributed by atoms with Gasteiger partial charge in [-0.3, -0.25) is 4.79 Å². The van der Waals surface area contributed by atoms with E-state index >= 15 is 0 Å². The van der Waals surface area contributed by atoms with Gasteiger partial charge < -0.3 is 4.90 Å². The van der Waals surface area contributed by atoms with Gasteiger partial charge in [0.15, 0.2) is 5.78 Å². The molecule has 1 aliphatic heterocycles. The maximum absolute atomic E-state index is 11.8. The number of nitrogens with zero attached hydrogens (tertiary/aromatic N) is 1. The molecule has 20 heavy (non-hydrogen) atoms. The fraction of sp³-hybridized carbons (Fsp3) is 0.308. The smallest absolute Gasteiger partial charge is 0.240 e. The molecule has 0 radical (unpaired) electrons. The molecule has 0 spiro atoms. The van der Waals surface area contributed by atoms with Crippen LogP contribution in [-0.2, 0) is 14.8 Å². The summed E-state index contributed by atoms with van der Waals surface area (Å²) in [5.74, 6) is -0.0261. The third-order valence-corrected chi connectivity index (χ3v) is 5.45. The second kappa shape index (κ2) is 5.59. The van der Waals surface area contributed by atoms with Gasteiger partial charge in [0.05, 0.1) is 15.6 Å². The van der Waals surface area contributed by atoms with Gasteiger partial charge in [0.2, 0.25) is 10.0 Å². The van der Waals surface area contributed by atoms with Crippen LogP contribution >= 0.6 is 11.8 Å². The predicted molar refractivity (Wildman–Crippen MR) is 80.3 cm³/mol. The second-order valence-electron chi connectivity index (χ2n) is 4.28. The summed E-state index contributed by atoms with van der Waals surface area (Å²) in [6.45, 7) is 4.13. The number of allylic oxidation sites excluding steroid dienone is 1. The van der Waals surface area contributed by atoms with Crippen LogP contribution in [-0.4, -0.2) is 27.8 Å². The number of carbonyl (C=O) groups excluding carboxylic acids is 1. The van der Waals surface area contributed by atoms with Gasteiger partial charge in [0, 0.05) is 17.5 Å². The van der Waals surface area contributed by atoms with Crippen molar-refractivity contribution in [3.8, 4) is 0 Å². The van der Waals surface area contributed by atoms with Gasteiger partial charge in [-0.05, 0) is 39.1 Å². The average molecular weight is 312 g/mol. The van der Waals surface area contributed by atoms with E-state index in [4.69, 9.17) is 0 Å². The molecule has 0 atom stereocenters. The van der Waals surface area contributed by atoms with E-state index in [-0.39, 0.29) is 10.7 Å². The Kier molecular flexibility index (Phi) is 4.22. The van der Waals surface area contributed by atoms with Crippen molar-refractivity contribution in [3.05, 3.63) is 29.3 Å². The molecule has 1 aromatic rings. The summed E-state index contributed by atoms with van der Waals surface area (Å²) in [5.41, 5.74) is 0.821. The van der Waals surface area contributed by atoms with Gasteiger partial charge in [-0.1, -0.05) is 11.8 Å². The van der Waals surface area contributed by atoms with Gasteiger partial charge in [-0.25, -0.2) is 13.1 Å². The highest BCUT2D eigenvalue weighted by atomic mass is 32.2. The second-order valence-corrected chi connectivity index (χ2v) is 7.23. The number of benzene rings is 1. The first-order chi connectivity index (χ1) is 9.39. The first-order valence-corrected chi connectivity index (χ1v) is 8.44. The molecule has 1 N–H and O–H groups in total. The van der Waals surface area contributed by atoms with E-state index in [1.807, 2.05) is 11.8 Å². The van der Waals surface area contributed by atoms with Crippen molar-refractivity contribution in [1.29, 1.82) is 0 Å². The third kappa shape index (κ3) is 2.74. The molecule has 1 aromatic carbocycles.